The van der Waals surface area contributed by atoms with Crippen LogP contribution in [0.2, 0.25) is 0 Å². The van der Waals surface area contributed by atoms with Crippen molar-refractivity contribution in [3.8, 4) is 0 Å². The van der Waals surface area contributed by atoms with E-state index in [2.05, 4.69) is 16.3 Å². The predicted octanol–water partition coefficient (Wildman–Crippen LogP) is -2.15. The lowest BCUT2D eigenvalue weighted by Crippen LogP contribution is -2.38. The van der Waals surface area contributed by atoms with Gasteiger partial charge in [0, 0.05) is 0 Å². The molecule has 68 valence electrons. The van der Waals surface area contributed by atoms with E-state index in [0.29, 0.717) is 0 Å². The molecule has 0 spiro atoms. The summed E-state index contributed by atoms with van der Waals surface area (Å²) in [7, 11) is 0. The Hall–Kier alpha value is 0.410. The largest absolute Gasteiger partial charge is 0.394 e. The quantitative estimate of drug-likeness (QED) is 0.261. The Balaban J connectivity index is 3.87. The van der Waals surface area contributed by atoms with E-state index in [1.807, 2.05) is 0 Å². The molecule has 0 aliphatic carbocycles. The molecule has 0 rings (SSSR count). The summed E-state index contributed by atoms with van der Waals surface area (Å²) >= 11 is 4.06. The average molecular weight is 203 g/mol. The number of aliphatic hydroxyl groups is 2. The van der Waals surface area contributed by atoms with Crippen LogP contribution in [0.15, 0.2) is 0 Å². The number of rotatable bonds is 4. The Morgan fingerprint density at radius 1 is 1.55 bits per heavy atom. The van der Waals surface area contributed by atoms with Gasteiger partial charge in [-0.25, -0.2) is 0 Å². The highest BCUT2D eigenvalue weighted by atomic mass is 32.5. The minimum atomic E-state index is -3.85. The van der Waals surface area contributed by atoms with Crippen molar-refractivity contribution in [3.63, 3.8) is 0 Å². The molecule has 0 saturated heterocycles. The van der Waals surface area contributed by atoms with Crippen LogP contribution in [0.4, 0.5) is 0 Å². The molecule has 0 aromatic heterocycles. The van der Waals surface area contributed by atoms with Gasteiger partial charge in [0.05, 0.1) is 6.61 Å². The van der Waals surface area contributed by atoms with Crippen LogP contribution >= 0.6 is 6.72 Å². The summed E-state index contributed by atoms with van der Waals surface area (Å²) in [4.78, 5) is 17.0. The van der Waals surface area contributed by atoms with Crippen molar-refractivity contribution in [2.75, 3.05) is 6.61 Å². The Kier molecular flexibility index (Phi) is 4.60. The maximum absolute atomic E-state index is 8.74. The predicted molar refractivity (Wildman–Crippen MR) is 40.9 cm³/mol. The summed E-state index contributed by atoms with van der Waals surface area (Å²) in [5, 5.41) is 17.0. The molecular weight excluding hydrogens is 193 g/mol. The van der Waals surface area contributed by atoms with Crippen LogP contribution in [-0.4, -0.2) is 38.9 Å². The van der Waals surface area contributed by atoms with Gasteiger partial charge in [0.2, 0.25) is 0 Å². The van der Waals surface area contributed by atoms with Crippen LogP contribution in [0.5, 0.6) is 0 Å². The maximum atomic E-state index is 8.74. The zero-order valence-corrected chi connectivity index (χ0v) is 7.20. The van der Waals surface area contributed by atoms with Gasteiger partial charge in [-0.05, 0) is 11.8 Å². The van der Waals surface area contributed by atoms with E-state index in [0.717, 1.165) is 0 Å². The lowest BCUT2D eigenvalue weighted by atomic mass is 10.3. The van der Waals surface area contributed by atoms with Gasteiger partial charge in [0.1, 0.15) is 12.3 Å². The molecule has 0 amide bonds. The minimum Gasteiger partial charge on any atom is -0.394 e. The van der Waals surface area contributed by atoms with Crippen LogP contribution in [0.1, 0.15) is 0 Å². The number of nitrogens with two attached hydrogens (primary N) is 1. The van der Waals surface area contributed by atoms with Gasteiger partial charge in [-0.2, -0.15) is 0 Å². The van der Waals surface area contributed by atoms with Crippen molar-refractivity contribution >= 4 is 18.5 Å². The summed E-state index contributed by atoms with van der Waals surface area (Å²) in [5.74, 6) is 0. The fraction of sp³-hybridized carbons (Fsp3) is 1.00. The Morgan fingerprint density at radius 3 is 2.27 bits per heavy atom. The third-order valence-corrected chi connectivity index (χ3v) is 1.60. The molecule has 8 heteroatoms. The molecule has 0 bridgehead atoms. The third kappa shape index (κ3) is 5.66. The van der Waals surface area contributed by atoms with Crippen LogP contribution in [0, 0.1) is 0 Å². The topological polar surface area (TPSA) is 116 Å². The fourth-order valence-electron chi connectivity index (χ4n) is 0.333. The van der Waals surface area contributed by atoms with Crippen molar-refractivity contribution in [1.29, 1.82) is 0 Å². The van der Waals surface area contributed by atoms with Gasteiger partial charge < -0.3 is 25.7 Å². The van der Waals surface area contributed by atoms with E-state index in [1.165, 1.54) is 0 Å². The fourth-order valence-corrected chi connectivity index (χ4v) is 1.09. The summed E-state index contributed by atoms with van der Waals surface area (Å²) in [6.45, 7) is -4.48. The molecule has 0 heterocycles. The molecule has 0 fully saturated rings. The van der Waals surface area contributed by atoms with Crippen molar-refractivity contribution in [3.05, 3.63) is 0 Å². The Bertz CT molecular complexity index is 160. The smallest absolute Gasteiger partial charge is 0.323 e. The molecule has 2 atom stereocenters. The van der Waals surface area contributed by atoms with Crippen molar-refractivity contribution in [1.82, 2.24) is 0 Å². The first-order valence-corrected chi connectivity index (χ1v) is 5.28. The van der Waals surface area contributed by atoms with Crippen molar-refractivity contribution in [2.45, 2.75) is 12.3 Å². The summed E-state index contributed by atoms with van der Waals surface area (Å²) < 4.78 is 4.20. The molecule has 0 aromatic carbocycles. The van der Waals surface area contributed by atoms with E-state index in [1.54, 1.807) is 0 Å². The van der Waals surface area contributed by atoms with Gasteiger partial charge in [-0.15, -0.1) is 0 Å². The first-order valence-electron chi connectivity index (χ1n) is 2.65. The molecule has 0 saturated carbocycles. The molecule has 0 aromatic rings. The molecule has 1 unspecified atom stereocenters. The third-order valence-electron chi connectivity index (χ3n) is 0.825. The van der Waals surface area contributed by atoms with Crippen LogP contribution in [0.25, 0.3) is 0 Å². The summed E-state index contributed by atoms with van der Waals surface area (Å²) in [6, 6.07) is 0. The summed E-state index contributed by atoms with van der Waals surface area (Å²) in [5.41, 5.74) is 5.02. The van der Waals surface area contributed by atoms with Crippen LogP contribution in [-0.2, 0) is 16.3 Å². The van der Waals surface area contributed by atoms with Gasteiger partial charge in [0.15, 0.2) is 0 Å². The first-order chi connectivity index (χ1) is 4.87. The van der Waals surface area contributed by atoms with Gasteiger partial charge in [-0.1, -0.05) is 0 Å². The number of hydrogen-bond acceptors (Lipinski definition) is 5. The number of hydrogen-bond donors (Lipinski definition) is 5. The maximum Gasteiger partial charge on any atom is 0.323 e. The lowest BCUT2D eigenvalue weighted by molar-refractivity contribution is -0.00298. The molecule has 11 heavy (non-hydrogen) atoms. The van der Waals surface area contributed by atoms with Crippen molar-refractivity contribution in [2.24, 2.45) is 5.73 Å². The standard InChI is InChI=1S/C3H10NO5PS/c4-3(2(6)1-5)9-10(7,8)11/h2-3,5-6H,1,4H2,(H2,7,8,11)/t2?,3-/m1/s1. The Labute approximate surface area is 68.5 Å². The van der Waals surface area contributed by atoms with E-state index in [-0.39, 0.29) is 0 Å². The van der Waals surface area contributed by atoms with Crippen LogP contribution < -0.4 is 5.73 Å². The lowest BCUT2D eigenvalue weighted by Gasteiger charge is -2.18. The van der Waals surface area contributed by atoms with E-state index in [4.69, 9.17) is 25.7 Å². The second-order valence-electron chi connectivity index (χ2n) is 1.81. The van der Waals surface area contributed by atoms with Crippen molar-refractivity contribution < 1.29 is 24.5 Å². The molecule has 0 radical (unpaired) electrons. The average Bonchev–Trinajstić information content (AvgIpc) is 1.82. The van der Waals surface area contributed by atoms with E-state index < -0.39 is 25.7 Å². The monoisotopic (exact) mass is 203 g/mol. The zero-order chi connectivity index (χ0) is 9.07. The van der Waals surface area contributed by atoms with Gasteiger partial charge >= 0.3 is 6.72 Å². The second-order valence-corrected chi connectivity index (χ2v) is 4.43. The second kappa shape index (κ2) is 4.44. The highest BCUT2D eigenvalue weighted by Gasteiger charge is 2.20. The van der Waals surface area contributed by atoms with E-state index >= 15 is 0 Å². The normalized spacial score (nSPS) is 17.9. The molecule has 0 aliphatic rings. The minimum absolute atomic E-state index is 0.628. The molecule has 6 N–H and O–H groups in total. The summed E-state index contributed by atoms with van der Waals surface area (Å²) in [6.07, 6.45) is -2.74. The van der Waals surface area contributed by atoms with Gasteiger partial charge in [-0.3, -0.25) is 4.52 Å². The Morgan fingerprint density at radius 2 is 2.00 bits per heavy atom. The highest BCUT2D eigenvalue weighted by molar-refractivity contribution is 8.06. The molecular formula is C3H10NO5PS. The zero-order valence-electron chi connectivity index (χ0n) is 5.49. The SMILES string of the molecule is N[C@H](OP(O)(O)=S)C(O)CO. The molecule has 0 aliphatic heterocycles. The van der Waals surface area contributed by atoms with Gasteiger partial charge in [0.25, 0.3) is 0 Å². The first kappa shape index (κ1) is 11.4. The highest BCUT2D eigenvalue weighted by Crippen LogP contribution is 2.37. The number of aliphatic hydroxyl groups excluding tert-OH is 2. The van der Waals surface area contributed by atoms with Crippen LogP contribution in [0.3, 0.4) is 0 Å². The molecule has 6 nitrogen and oxygen atoms in total. The van der Waals surface area contributed by atoms with E-state index in [9.17, 15) is 0 Å².